The second kappa shape index (κ2) is 12.4. The van der Waals surface area contributed by atoms with Gasteiger partial charge < -0.3 is 36.2 Å². The predicted octanol–water partition coefficient (Wildman–Crippen LogP) is -0.487. The Hall–Kier alpha value is -1.09. The van der Waals surface area contributed by atoms with Crippen molar-refractivity contribution in [1.82, 2.24) is 36.8 Å². The molecule has 222 valence electrons. The molecule has 12 unspecified atom stereocenters. The lowest BCUT2D eigenvalue weighted by Gasteiger charge is -2.45. The Bertz CT molecular complexity index is 876. The van der Waals surface area contributed by atoms with E-state index in [2.05, 4.69) is 45.7 Å². The van der Waals surface area contributed by atoms with Crippen molar-refractivity contribution in [1.29, 1.82) is 0 Å². The molecule has 0 aromatic carbocycles. The van der Waals surface area contributed by atoms with Crippen molar-refractivity contribution < 1.29 is 23.1 Å². The number of piperazine rings is 1. The maximum absolute atomic E-state index is 13.6. The molecule has 0 aromatic rings. The van der Waals surface area contributed by atoms with Gasteiger partial charge in [-0.15, -0.1) is 11.8 Å². The first-order chi connectivity index (χ1) is 18.6. The largest absolute Gasteiger partial charge is 0.380 e. The Morgan fingerprint density at radius 1 is 0.974 bits per heavy atom. The average Bonchev–Trinajstić information content (AvgIpc) is 3.48. The third-order valence-corrected chi connectivity index (χ3v) is 10.8. The number of hydrogen-bond acceptors (Lipinski definition) is 9. The van der Waals surface area contributed by atoms with E-state index in [4.69, 9.17) is 4.74 Å². The van der Waals surface area contributed by atoms with E-state index in [9.17, 15) is 18.4 Å². The van der Waals surface area contributed by atoms with Gasteiger partial charge in [0.2, 0.25) is 11.8 Å². The first kappa shape index (κ1) is 29.4. The summed E-state index contributed by atoms with van der Waals surface area (Å²) in [6.45, 7) is 9.20. The number of methoxy groups -OCH3 is 1. The van der Waals surface area contributed by atoms with Crippen LogP contribution in [0.1, 0.15) is 33.6 Å². The summed E-state index contributed by atoms with van der Waals surface area (Å²) in [5, 5.41) is 20.1. The van der Waals surface area contributed by atoms with Crippen LogP contribution < -0.4 is 31.9 Å². The van der Waals surface area contributed by atoms with E-state index in [0.717, 1.165) is 13.0 Å². The minimum Gasteiger partial charge on any atom is -0.380 e. The number of carbonyl (C=O) groups excluding carboxylic acids is 2. The third-order valence-electron chi connectivity index (χ3n) is 9.41. The van der Waals surface area contributed by atoms with Crippen molar-refractivity contribution in [2.75, 3.05) is 39.8 Å². The van der Waals surface area contributed by atoms with E-state index in [1.807, 2.05) is 11.8 Å². The Balaban J connectivity index is 1.18. The number of thioether (sulfide) groups is 1. The number of nitrogens with one attached hydrogen (secondary N) is 6. The second-order valence-electron chi connectivity index (χ2n) is 12.2. The molecule has 0 saturated carbocycles. The summed E-state index contributed by atoms with van der Waals surface area (Å²) >= 11 is 1.66. The van der Waals surface area contributed by atoms with E-state index in [-0.39, 0.29) is 76.6 Å². The van der Waals surface area contributed by atoms with Crippen molar-refractivity contribution in [2.45, 2.75) is 93.1 Å². The summed E-state index contributed by atoms with van der Waals surface area (Å²) in [7, 11) is 1.62. The lowest BCUT2D eigenvalue weighted by atomic mass is 9.69. The van der Waals surface area contributed by atoms with Gasteiger partial charge in [-0.2, -0.15) is 0 Å². The van der Waals surface area contributed by atoms with Gasteiger partial charge in [-0.05, 0) is 45.4 Å². The molecule has 13 heteroatoms. The summed E-state index contributed by atoms with van der Waals surface area (Å²) in [5.74, 6) is -0.420. The number of alkyl halides is 2. The maximum Gasteiger partial charge on any atom is 0.253 e. The highest BCUT2D eigenvalue weighted by Crippen LogP contribution is 2.39. The lowest BCUT2D eigenvalue weighted by Crippen LogP contribution is -2.64. The molecular formula is C26H45F2N7O3S. The number of amides is 2. The summed E-state index contributed by atoms with van der Waals surface area (Å²) in [5.41, 5.74) is -0.238. The van der Waals surface area contributed by atoms with E-state index in [1.54, 1.807) is 18.9 Å². The van der Waals surface area contributed by atoms with Gasteiger partial charge in [0.15, 0.2) is 0 Å². The van der Waals surface area contributed by atoms with Crippen LogP contribution in [0.2, 0.25) is 0 Å². The Kier molecular flexibility index (Phi) is 9.36. The lowest BCUT2D eigenvalue weighted by molar-refractivity contribution is -0.134. The summed E-state index contributed by atoms with van der Waals surface area (Å²) in [6.07, 6.45) is -1.61. The van der Waals surface area contributed by atoms with Crippen molar-refractivity contribution in [2.24, 2.45) is 17.8 Å². The molecule has 39 heavy (non-hydrogen) atoms. The minimum atomic E-state index is -2.45. The monoisotopic (exact) mass is 573 g/mol. The fourth-order valence-electron chi connectivity index (χ4n) is 7.19. The van der Waals surface area contributed by atoms with Gasteiger partial charge in [0.25, 0.3) is 6.43 Å². The number of carbonyl (C=O) groups is 2. The quantitative estimate of drug-likeness (QED) is 0.250. The number of fused-ring (bicyclic) bond motifs is 1. The van der Waals surface area contributed by atoms with E-state index >= 15 is 0 Å². The van der Waals surface area contributed by atoms with Gasteiger partial charge >= 0.3 is 0 Å². The molecule has 0 radical (unpaired) electrons. The highest BCUT2D eigenvalue weighted by molar-refractivity contribution is 8.00. The number of rotatable bonds is 6. The van der Waals surface area contributed by atoms with E-state index in [1.165, 1.54) is 0 Å². The summed E-state index contributed by atoms with van der Waals surface area (Å²) in [6, 6.07) is -0.466. The van der Waals surface area contributed by atoms with Crippen LogP contribution in [0.5, 0.6) is 0 Å². The smallest absolute Gasteiger partial charge is 0.253 e. The molecule has 5 aliphatic rings. The molecule has 0 aliphatic carbocycles. The van der Waals surface area contributed by atoms with Gasteiger partial charge in [0.05, 0.1) is 18.1 Å². The molecule has 10 nitrogen and oxygen atoms in total. The highest BCUT2D eigenvalue weighted by atomic mass is 32.2. The van der Waals surface area contributed by atoms with Crippen LogP contribution in [-0.2, 0) is 14.3 Å². The molecular weight excluding hydrogens is 528 g/mol. The zero-order valence-electron chi connectivity index (χ0n) is 23.3. The number of likely N-dealkylation sites (tertiary alicyclic amines) is 1. The second-order valence-corrected chi connectivity index (χ2v) is 13.5. The van der Waals surface area contributed by atoms with Crippen LogP contribution in [0.15, 0.2) is 0 Å². The Labute approximate surface area is 234 Å². The van der Waals surface area contributed by atoms with Gasteiger partial charge in [-0.25, -0.2) is 8.78 Å². The van der Waals surface area contributed by atoms with Crippen LogP contribution in [-0.4, -0.2) is 116 Å². The van der Waals surface area contributed by atoms with E-state index < -0.39 is 12.5 Å². The fraction of sp³-hybridized carbons (Fsp3) is 0.923. The number of piperidine rings is 2. The average molecular weight is 574 g/mol. The highest BCUT2D eigenvalue weighted by Gasteiger charge is 2.48. The number of halogens is 2. The third kappa shape index (κ3) is 6.39. The zero-order valence-corrected chi connectivity index (χ0v) is 24.1. The van der Waals surface area contributed by atoms with Gasteiger partial charge in [0.1, 0.15) is 11.5 Å². The fourth-order valence-corrected chi connectivity index (χ4v) is 8.60. The van der Waals surface area contributed by atoms with Crippen LogP contribution in [0.4, 0.5) is 8.78 Å². The van der Waals surface area contributed by atoms with Gasteiger partial charge in [0, 0.05) is 69.3 Å². The van der Waals surface area contributed by atoms with Crippen molar-refractivity contribution >= 4 is 23.6 Å². The molecule has 5 heterocycles. The molecule has 12 atom stereocenters. The standard InChI is InChI=1S/C26H45F2N7O3S/c1-12-5-15(16-6-18(23(27)28)31-9-20(16)38-4)17(8-29-12)24(36)34-26-33-19-10-35(11-21(19)39-26)25(37)22-14(3)30-7-13(2)32-22/h12-23,26,29-33H,5-11H2,1-4H3,(H,34,36). The number of hydrogen-bond donors (Lipinski definition) is 6. The van der Waals surface area contributed by atoms with Crippen molar-refractivity contribution in [3.63, 3.8) is 0 Å². The molecule has 5 aliphatic heterocycles. The molecule has 0 aromatic heterocycles. The molecule has 5 saturated heterocycles. The van der Waals surface area contributed by atoms with Crippen molar-refractivity contribution in [3.05, 3.63) is 0 Å². The van der Waals surface area contributed by atoms with Gasteiger partial charge in [-0.1, -0.05) is 0 Å². The topological polar surface area (TPSA) is 119 Å². The molecule has 0 spiro atoms. The first-order valence-electron chi connectivity index (χ1n) is 14.4. The SMILES string of the molecule is COC1CNC(C(F)F)CC1C1CC(C)NCC1C(=O)NC1NC2CN(C(=O)C3NC(C)CNC3C)CC2S1. The van der Waals surface area contributed by atoms with Crippen LogP contribution in [0, 0.1) is 17.8 Å². The molecule has 0 bridgehead atoms. The summed E-state index contributed by atoms with van der Waals surface area (Å²) in [4.78, 5) is 28.8. The minimum absolute atomic E-state index is 0.0467. The Morgan fingerprint density at radius 2 is 1.77 bits per heavy atom. The molecule has 5 rings (SSSR count). The Morgan fingerprint density at radius 3 is 2.49 bits per heavy atom. The predicted molar refractivity (Wildman–Crippen MR) is 146 cm³/mol. The van der Waals surface area contributed by atoms with Crippen LogP contribution in [0.25, 0.3) is 0 Å². The molecule has 5 fully saturated rings. The first-order valence-corrected chi connectivity index (χ1v) is 15.4. The van der Waals surface area contributed by atoms with Crippen molar-refractivity contribution in [3.8, 4) is 0 Å². The molecule has 2 amide bonds. The maximum atomic E-state index is 13.6. The summed E-state index contributed by atoms with van der Waals surface area (Å²) < 4.78 is 32.9. The van der Waals surface area contributed by atoms with E-state index in [0.29, 0.717) is 32.6 Å². The van der Waals surface area contributed by atoms with Gasteiger partial charge in [-0.3, -0.25) is 14.9 Å². The number of nitrogens with zero attached hydrogens (tertiary/aromatic N) is 1. The zero-order chi connectivity index (χ0) is 27.8. The normalized spacial score (nSPS) is 44.8. The van der Waals surface area contributed by atoms with Crippen LogP contribution >= 0.6 is 11.8 Å². The van der Waals surface area contributed by atoms with Crippen LogP contribution in [0.3, 0.4) is 0 Å². The number of ether oxygens (including phenoxy) is 1. The molecule has 6 N–H and O–H groups in total.